The SMILES string of the molecule is C[C@@H]1SC(CCCOC(=O)c2ccccc2)OC1=O. The first-order valence-electron chi connectivity index (χ1n) is 6.25. The zero-order valence-corrected chi connectivity index (χ0v) is 11.5. The van der Waals surface area contributed by atoms with Crippen molar-refractivity contribution in [2.45, 2.75) is 30.5 Å². The molecular weight excluding hydrogens is 264 g/mol. The molecule has 1 aliphatic heterocycles. The van der Waals surface area contributed by atoms with Crippen LogP contribution in [0.1, 0.15) is 30.1 Å². The number of carbonyl (C=O) groups excluding carboxylic acids is 2. The lowest BCUT2D eigenvalue weighted by Gasteiger charge is -2.08. The van der Waals surface area contributed by atoms with E-state index in [4.69, 9.17) is 9.47 Å². The first-order chi connectivity index (χ1) is 9.16. The third-order valence-corrected chi connectivity index (χ3v) is 4.00. The van der Waals surface area contributed by atoms with Crippen LogP contribution in [0.3, 0.4) is 0 Å². The van der Waals surface area contributed by atoms with E-state index in [0.717, 1.165) is 0 Å². The normalized spacial score (nSPS) is 22.1. The summed E-state index contributed by atoms with van der Waals surface area (Å²) >= 11 is 1.52. The van der Waals surface area contributed by atoms with E-state index in [0.29, 0.717) is 25.0 Å². The number of ether oxygens (including phenoxy) is 2. The Hall–Kier alpha value is -1.49. The average Bonchev–Trinajstić information content (AvgIpc) is 2.74. The number of hydrogen-bond acceptors (Lipinski definition) is 5. The number of carbonyl (C=O) groups is 2. The summed E-state index contributed by atoms with van der Waals surface area (Å²) in [5, 5.41) is -0.0862. The summed E-state index contributed by atoms with van der Waals surface area (Å²) in [5.74, 6) is -0.471. The highest BCUT2D eigenvalue weighted by Crippen LogP contribution is 2.30. The van der Waals surface area contributed by atoms with E-state index in [1.54, 1.807) is 24.3 Å². The molecule has 0 spiro atoms. The fourth-order valence-electron chi connectivity index (χ4n) is 1.74. The molecule has 0 radical (unpaired) electrons. The van der Waals surface area contributed by atoms with Crippen molar-refractivity contribution in [2.24, 2.45) is 0 Å². The van der Waals surface area contributed by atoms with Gasteiger partial charge in [0.2, 0.25) is 0 Å². The van der Waals surface area contributed by atoms with Crippen LogP contribution in [0.25, 0.3) is 0 Å². The molecule has 1 fully saturated rings. The second-order valence-electron chi connectivity index (χ2n) is 4.29. The maximum absolute atomic E-state index is 11.6. The van der Waals surface area contributed by atoms with Gasteiger partial charge in [0.25, 0.3) is 0 Å². The van der Waals surface area contributed by atoms with Crippen LogP contribution in [0.5, 0.6) is 0 Å². The van der Waals surface area contributed by atoms with Crippen LogP contribution in [-0.2, 0) is 14.3 Å². The van der Waals surface area contributed by atoms with Crippen LogP contribution in [0, 0.1) is 0 Å². The molecule has 1 aromatic carbocycles. The lowest BCUT2D eigenvalue weighted by atomic mass is 10.2. The van der Waals surface area contributed by atoms with E-state index < -0.39 is 0 Å². The van der Waals surface area contributed by atoms with E-state index in [-0.39, 0.29) is 22.6 Å². The van der Waals surface area contributed by atoms with Gasteiger partial charge in [0, 0.05) is 0 Å². The van der Waals surface area contributed by atoms with Gasteiger partial charge in [-0.1, -0.05) is 18.2 Å². The number of benzene rings is 1. The molecular formula is C14H16O4S. The lowest BCUT2D eigenvalue weighted by Crippen LogP contribution is -2.10. The number of rotatable bonds is 5. The van der Waals surface area contributed by atoms with Gasteiger partial charge in [-0.05, 0) is 31.9 Å². The molecule has 102 valence electrons. The summed E-state index contributed by atoms with van der Waals surface area (Å²) in [6.07, 6.45) is 1.40. The van der Waals surface area contributed by atoms with Crippen LogP contribution in [0.2, 0.25) is 0 Å². The number of hydrogen-bond donors (Lipinski definition) is 0. The van der Waals surface area contributed by atoms with E-state index in [9.17, 15) is 9.59 Å². The highest BCUT2D eigenvalue weighted by atomic mass is 32.2. The van der Waals surface area contributed by atoms with Gasteiger partial charge in [-0.2, -0.15) is 0 Å². The Labute approximate surface area is 116 Å². The lowest BCUT2D eigenvalue weighted by molar-refractivity contribution is -0.142. The minimum absolute atomic E-state index is 0.0862. The fourth-order valence-corrected chi connectivity index (χ4v) is 2.81. The Balaban J connectivity index is 1.65. The summed E-state index contributed by atoms with van der Waals surface area (Å²) in [7, 11) is 0. The molecule has 0 aliphatic carbocycles. The monoisotopic (exact) mass is 280 g/mol. The van der Waals surface area contributed by atoms with Gasteiger partial charge >= 0.3 is 11.9 Å². The van der Waals surface area contributed by atoms with Gasteiger partial charge in [0.15, 0.2) is 0 Å². The Morgan fingerprint density at radius 2 is 2.11 bits per heavy atom. The van der Waals surface area contributed by atoms with Crippen molar-refractivity contribution in [1.29, 1.82) is 0 Å². The molecule has 2 atom stereocenters. The third kappa shape index (κ3) is 3.99. The van der Waals surface area contributed by atoms with Gasteiger partial charge < -0.3 is 9.47 Å². The molecule has 19 heavy (non-hydrogen) atoms. The van der Waals surface area contributed by atoms with Crippen LogP contribution in [0.15, 0.2) is 30.3 Å². The van der Waals surface area contributed by atoms with Crippen molar-refractivity contribution in [3.05, 3.63) is 35.9 Å². The molecule has 2 rings (SSSR count). The van der Waals surface area contributed by atoms with Crippen LogP contribution < -0.4 is 0 Å². The Bertz CT molecular complexity index is 446. The Morgan fingerprint density at radius 3 is 2.74 bits per heavy atom. The largest absolute Gasteiger partial charge is 0.462 e. The van der Waals surface area contributed by atoms with Crippen molar-refractivity contribution in [3.63, 3.8) is 0 Å². The van der Waals surface area contributed by atoms with Crippen molar-refractivity contribution < 1.29 is 19.1 Å². The first kappa shape index (κ1) is 13.9. The van der Waals surface area contributed by atoms with Gasteiger partial charge in [-0.25, -0.2) is 4.79 Å². The fraction of sp³-hybridized carbons (Fsp3) is 0.429. The number of cyclic esters (lactones) is 1. The maximum Gasteiger partial charge on any atom is 0.338 e. The predicted molar refractivity (Wildman–Crippen MR) is 72.9 cm³/mol. The van der Waals surface area contributed by atoms with Gasteiger partial charge in [0.05, 0.1) is 12.2 Å². The zero-order chi connectivity index (χ0) is 13.7. The van der Waals surface area contributed by atoms with Crippen LogP contribution in [0.4, 0.5) is 0 Å². The molecule has 0 bridgehead atoms. The molecule has 0 saturated carbocycles. The summed E-state index contributed by atoms with van der Waals surface area (Å²) in [6, 6.07) is 8.89. The topological polar surface area (TPSA) is 52.6 Å². The number of esters is 2. The quantitative estimate of drug-likeness (QED) is 0.613. The minimum atomic E-state index is -0.315. The van der Waals surface area contributed by atoms with E-state index in [2.05, 4.69) is 0 Å². The summed E-state index contributed by atoms with van der Waals surface area (Å²) in [6.45, 7) is 2.18. The molecule has 1 aromatic rings. The van der Waals surface area contributed by atoms with E-state index in [1.165, 1.54) is 11.8 Å². The molecule has 1 saturated heterocycles. The number of thioether (sulfide) groups is 1. The predicted octanol–water partition coefficient (Wildman–Crippen LogP) is 2.63. The molecule has 0 amide bonds. The van der Waals surface area contributed by atoms with Crippen molar-refractivity contribution in [1.82, 2.24) is 0 Å². The molecule has 1 unspecified atom stereocenters. The Kier molecular flexibility index (Phi) is 4.85. The van der Waals surface area contributed by atoms with E-state index in [1.807, 2.05) is 13.0 Å². The molecule has 5 heteroatoms. The third-order valence-electron chi connectivity index (χ3n) is 2.76. The van der Waals surface area contributed by atoms with Gasteiger partial charge in [0.1, 0.15) is 10.7 Å². The highest BCUT2D eigenvalue weighted by Gasteiger charge is 2.31. The average molecular weight is 280 g/mol. The standard InChI is InChI=1S/C14H16O4S/c1-10-13(15)18-12(19-10)8-5-9-17-14(16)11-6-3-2-4-7-11/h2-4,6-7,10,12H,5,8-9H2,1H3/t10-,12?/m0/s1. The van der Waals surface area contributed by atoms with Crippen LogP contribution >= 0.6 is 11.8 Å². The van der Waals surface area contributed by atoms with Gasteiger partial charge in [-0.3, -0.25) is 4.79 Å². The van der Waals surface area contributed by atoms with Crippen molar-refractivity contribution >= 4 is 23.7 Å². The Morgan fingerprint density at radius 1 is 1.37 bits per heavy atom. The molecule has 4 nitrogen and oxygen atoms in total. The maximum atomic E-state index is 11.6. The molecule has 1 aliphatic rings. The summed E-state index contributed by atoms with van der Waals surface area (Å²) in [5.41, 5.74) is 0.454. The highest BCUT2D eigenvalue weighted by molar-refractivity contribution is 8.01. The van der Waals surface area contributed by atoms with Crippen molar-refractivity contribution in [3.8, 4) is 0 Å². The van der Waals surface area contributed by atoms with Crippen LogP contribution in [-0.4, -0.2) is 29.2 Å². The second-order valence-corrected chi connectivity index (χ2v) is 5.79. The minimum Gasteiger partial charge on any atom is -0.462 e. The summed E-state index contributed by atoms with van der Waals surface area (Å²) in [4.78, 5) is 22.8. The van der Waals surface area contributed by atoms with Crippen molar-refractivity contribution in [2.75, 3.05) is 6.61 Å². The molecule has 0 aromatic heterocycles. The first-order valence-corrected chi connectivity index (χ1v) is 7.19. The van der Waals surface area contributed by atoms with E-state index >= 15 is 0 Å². The summed E-state index contributed by atoms with van der Waals surface area (Å²) < 4.78 is 10.3. The van der Waals surface area contributed by atoms with Gasteiger partial charge in [-0.15, -0.1) is 11.8 Å². The molecule has 1 heterocycles. The second kappa shape index (κ2) is 6.61. The molecule has 0 N–H and O–H groups in total. The smallest absolute Gasteiger partial charge is 0.338 e. The zero-order valence-electron chi connectivity index (χ0n) is 10.7.